The molecule has 2 aromatic heterocycles. The van der Waals surface area contributed by atoms with Crippen LogP contribution in [0.2, 0.25) is 0 Å². The lowest BCUT2D eigenvalue weighted by molar-refractivity contribution is 0.600. The Morgan fingerprint density at radius 1 is 1.40 bits per heavy atom. The highest BCUT2D eigenvalue weighted by Crippen LogP contribution is 2.12. The molecule has 6 nitrogen and oxygen atoms in total. The van der Waals surface area contributed by atoms with Gasteiger partial charge in [0.25, 0.3) is 0 Å². The predicted octanol–water partition coefficient (Wildman–Crippen LogP) is 0.0847. The van der Waals surface area contributed by atoms with Crippen LogP contribution in [0.5, 0.6) is 0 Å². The van der Waals surface area contributed by atoms with Gasteiger partial charge in [0.2, 0.25) is 0 Å². The number of fused-ring (bicyclic) bond motifs is 1. The van der Waals surface area contributed by atoms with Crippen LogP contribution in [-0.2, 0) is 15.6 Å². The molecule has 15 heavy (non-hydrogen) atoms. The highest BCUT2D eigenvalue weighted by molar-refractivity contribution is 7.89. The molecular weight excluding hydrogens is 216 g/mol. The average molecular weight is 226 g/mol. The number of sulfone groups is 1. The highest BCUT2D eigenvalue weighted by Gasteiger charge is 2.09. The van der Waals surface area contributed by atoms with Crippen LogP contribution in [0.25, 0.3) is 11.2 Å². The van der Waals surface area contributed by atoms with Crippen molar-refractivity contribution in [2.24, 2.45) is 0 Å². The Balaban J connectivity index is 2.48. The maximum absolute atomic E-state index is 11.0. The maximum atomic E-state index is 11.0. The van der Waals surface area contributed by atoms with Crippen molar-refractivity contribution in [3.63, 3.8) is 0 Å². The molecule has 0 radical (unpaired) electrons. The fraction of sp³-hybridized carbons (Fsp3) is 0.250. The molecule has 80 valence electrons. The van der Waals surface area contributed by atoms with Crippen molar-refractivity contribution in [2.75, 3.05) is 12.0 Å². The third kappa shape index (κ3) is 2.24. The normalized spacial score (nSPS) is 12.1. The molecule has 7 heteroatoms. The molecule has 2 aromatic rings. The summed E-state index contributed by atoms with van der Waals surface area (Å²) in [7, 11) is -3.09. The first-order valence-corrected chi connectivity index (χ1v) is 6.29. The summed E-state index contributed by atoms with van der Waals surface area (Å²) in [6, 6.07) is 3.35. The summed E-state index contributed by atoms with van der Waals surface area (Å²) in [6.45, 7) is 0. The number of nitrogens with zero attached hydrogens (tertiary/aromatic N) is 2. The van der Waals surface area contributed by atoms with Crippen molar-refractivity contribution in [3.8, 4) is 0 Å². The molecule has 2 heterocycles. The summed E-state index contributed by atoms with van der Waals surface area (Å²) in [4.78, 5) is 10.9. The van der Waals surface area contributed by atoms with E-state index in [-0.39, 0.29) is 5.75 Å². The van der Waals surface area contributed by atoms with Gasteiger partial charge in [0.15, 0.2) is 15.5 Å². The first kappa shape index (κ1) is 9.91. The molecule has 0 atom stereocenters. The summed E-state index contributed by atoms with van der Waals surface area (Å²) < 4.78 is 22.1. The first-order chi connectivity index (χ1) is 6.94. The summed E-state index contributed by atoms with van der Waals surface area (Å²) >= 11 is 0. The number of nitrogens with one attached hydrogen (secondary N) is 1. The second kappa shape index (κ2) is 3.20. The quantitative estimate of drug-likeness (QED) is 0.755. The van der Waals surface area contributed by atoms with Crippen LogP contribution < -0.4 is 5.73 Å². The van der Waals surface area contributed by atoms with Crippen LogP contribution >= 0.6 is 0 Å². The van der Waals surface area contributed by atoms with Gasteiger partial charge in [0.1, 0.15) is 17.4 Å². The lowest BCUT2D eigenvalue weighted by Gasteiger charge is -1.90. The van der Waals surface area contributed by atoms with E-state index in [1.54, 1.807) is 12.1 Å². The van der Waals surface area contributed by atoms with E-state index in [0.717, 1.165) is 6.26 Å². The number of pyridine rings is 1. The van der Waals surface area contributed by atoms with Gasteiger partial charge in [-0.15, -0.1) is 0 Å². The van der Waals surface area contributed by atoms with Gasteiger partial charge in [-0.05, 0) is 12.1 Å². The number of hydrogen-bond acceptors (Lipinski definition) is 5. The van der Waals surface area contributed by atoms with Crippen LogP contribution in [0, 0.1) is 0 Å². The zero-order valence-electron chi connectivity index (χ0n) is 8.06. The fourth-order valence-corrected chi connectivity index (χ4v) is 1.91. The zero-order valence-corrected chi connectivity index (χ0v) is 8.87. The van der Waals surface area contributed by atoms with Crippen molar-refractivity contribution in [2.45, 2.75) is 5.75 Å². The van der Waals surface area contributed by atoms with Gasteiger partial charge in [-0.2, -0.15) is 0 Å². The van der Waals surface area contributed by atoms with Crippen LogP contribution in [0.3, 0.4) is 0 Å². The number of H-pyrrole nitrogens is 1. The number of imidazole rings is 1. The Bertz CT molecular complexity index is 602. The van der Waals surface area contributed by atoms with Gasteiger partial charge >= 0.3 is 0 Å². The van der Waals surface area contributed by atoms with E-state index in [4.69, 9.17) is 5.73 Å². The molecule has 0 fully saturated rings. The molecule has 0 spiro atoms. The Hall–Kier alpha value is -1.63. The van der Waals surface area contributed by atoms with Gasteiger partial charge in [0, 0.05) is 6.26 Å². The summed E-state index contributed by atoms with van der Waals surface area (Å²) in [5.74, 6) is 0.619. The topological polar surface area (TPSA) is 102 Å². The van der Waals surface area contributed by atoms with Crippen molar-refractivity contribution in [3.05, 3.63) is 18.0 Å². The minimum atomic E-state index is -3.09. The number of rotatable bonds is 2. The zero-order chi connectivity index (χ0) is 11.1. The predicted molar refractivity (Wildman–Crippen MR) is 56.8 cm³/mol. The van der Waals surface area contributed by atoms with Gasteiger partial charge in [-0.1, -0.05) is 0 Å². The van der Waals surface area contributed by atoms with E-state index in [1.807, 2.05) is 0 Å². The van der Waals surface area contributed by atoms with Gasteiger partial charge in [-0.25, -0.2) is 18.4 Å². The number of aromatic nitrogens is 3. The second-order valence-corrected chi connectivity index (χ2v) is 5.50. The summed E-state index contributed by atoms with van der Waals surface area (Å²) in [5.41, 5.74) is 6.60. The molecule has 0 saturated carbocycles. The smallest absolute Gasteiger partial charge is 0.179 e. The number of nitrogen functional groups attached to an aromatic ring is 1. The Morgan fingerprint density at radius 2 is 2.13 bits per heavy atom. The molecule has 0 aliphatic carbocycles. The standard InChI is InChI=1S/C8H10N4O2S/c1-15(13,14)4-7-10-5-2-3-6(9)11-8(5)12-7/h2-3H,4H2,1H3,(H3,9,10,11,12). The van der Waals surface area contributed by atoms with E-state index < -0.39 is 9.84 Å². The maximum Gasteiger partial charge on any atom is 0.179 e. The molecule has 0 bridgehead atoms. The van der Waals surface area contributed by atoms with Crippen LogP contribution in [0.15, 0.2) is 12.1 Å². The van der Waals surface area contributed by atoms with Crippen molar-refractivity contribution >= 4 is 26.8 Å². The van der Waals surface area contributed by atoms with E-state index in [1.165, 1.54) is 0 Å². The first-order valence-electron chi connectivity index (χ1n) is 4.23. The van der Waals surface area contributed by atoms with E-state index >= 15 is 0 Å². The third-order valence-electron chi connectivity index (χ3n) is 1.82. The molecule has 0 amide bonds. The third-order valence-corrected chi connectivity index (χ3v) is 2.61. The van der Waals surface area contributed by atoms with Crippen LogP contribution in [-0.4, -0.2) is 29.6 Å². The monoisotopic (exact) mass is 226 g/mol. The number of nitrogens with two attached hydrogens (primary N) is 1. The van der Waals surface area contributed by atoms with Crippen molar-refractivity contribution in [1.29, 1.82) is 0 Å². The largest absolute Gasteiger partial charge is 0.384 e. The molecule has 2 rings (SSSR count). The summed E-state index contributed by atoms with van der Waals surface area (Å²) in [6.07, 6.45) is 1.15. The second-order valence-electron chi connectivity index (χ2n) is 3.36. The van der Waals surface area contributed by atoms with Gasteiger partial charge < -0.3 is 10.7 Å². The molecule has 0 aliphatic rings. The molecule has 0 aromatic carbocycles. The van der Waals surface area contributed by atoms with E-state index in [0.29, 0.717) is 22.8 Å². The lowest BCUT2D eigenvalue weighted by Crippen LogP contribution is -2.01. The molecule has 0 aliphatic heterocycles. The fourth-order valence-electron chi connectivity index (χ4n) is 1.27. The Labute approximate surface area is 86.5 Å². The highest BCUT2D eigenvalue weighted by atomic mass is 32.2. The average Bonchev–Trinajstić information content (AvgIpc) is 2.42. The Morgan fingerprint density at radius 3 is 2.80 bits per heavy atom. The lowest BCUT2D eigenvalue weighted by atomic mass is 10.4. The van der Waals surface area contributed by atoms with Gasteiger partial charge in [-0.3, -0.25) is 0 Å². The number of anilines is 1. The molecule has 0 unspecified atom stereocenters. The van der Waals surface area contributed by atoms with E-state index in [2.05, 4.69) is 15.0 Å². The van der Waals surface area contributed by atoms with Crippen LogP contribution in [0.4, 0.5) is 5.82 Å². The molecular formula is C8H10N4O2S. The number of aromatic amines is 1. The van der Waals surface area contributed by atoms with Crippen molar-refractivity contribution < 1.29 is 8.42 Å². The molecule has 0 saturated heterocycles. The SMILES string of the molecule is CS(=O)(=O)Cc1nc2nc(N)ccc2[nH]1. The minimum Gasteiger partial charge on any atom is -0.384 e. The Kier molecular flexibility index (Phi) is 2.11. The molecule has 3 N–H and O–H groups in total. The van der Waals surface area contributed by atoms with E-state index in [9.17, 15) is 8.42 Å². The van der Waals surface area contributed by atoms with Crippen molar-refractivity contribution in [1.82, 2.24) is 15.0 Å². The van der Waals surface area contributed by atoms with Gasteiger partial charge in [0.05, 0.1) is 5.52 Å². The number of hydrogen-bond donors (Lipinski definition) is 2. The van der Waals surface area contributed by atoms with Crippen LogP contribution in [0.1, 0.15) is 5.82 Å². The minimum absolute atomic E-state index is 0.122. The summed E-state index contributed by atoms with van der Waals surface area (Å²) in [5, 5.41) is 0.